The van der Waals surface area contributed by atoms with E-state index in [1.165, 1.54) is 12.1 Å². The standard InChI is InChI=1S/C11H22O3Si/c1-5-15(9-13-4)8-6-7-14-11(12)10(2)3/h15H,2,5-9H2,1,3-4H3. The van der Waals surface area contributed by atoms with Crippen LogP contribution in [0.4, 0.5) is 0 Å². The minimum absolute atomic E-state index is 0.281. The first kappa shape index (κ1) is 14.4. The van der Waals surface area contributed by atoms with Crippen LogP contribution < -0.4 is 0 Å². The van der Waals surface area contributed by atoms with Gasteiger partial charge < -0.3 is 9.47 Å². The average Bonchev–Trinajstić information content (AvgIpc) is 2.22. The maximum atomic E-state index is 11.0. The van der Waals surface area contributed by atoms with Gasteiger partial charge in [-0.25, -0.2) is 4.79 Å². The van der Waals surface area contributed by atoms with Crippen molar-refractivity contribution in [2.45, 2.75) is 32.4 Å². The van der Waals surface area contributed by atoms with Crippen molar-refractivity contribution in [2.75, 3.05) is 19.9 Å². The molecule has 0 saturated carbocycles. The summed E-state index contributed by atoms with van der Waals surface area (Å²) in [5.41, 5.74) is 0.469. The van der Waals surface area contributed by atoms with E-state index < -0.39 is 8.80 Å². The molecule has 0 aromatic rings. The predicted molar refractivity (Wildman–Crippen MR) is 64.7 cm³/mol. The second-order valence-corrected chi connectivity index (χ2v) is 7.25. The zero-order valence-corrected chi connectivity index (χ0v) is 11.2. The summed E-state index contributed by atoms with van der Waals surface area (Å²) in [7, 11) is 1.01. The van der Waals surface area contributed by atoms with E-state index in [1.54, 1.807) is 14.0 Å². The Morgan fingerprint density at radius 1 is 1.47 bits per heavy atom. The fourth-order valence-corrected chi connectivity index (χ4v) is 3.33. The molecule has 0 aliphatic carbocycles. The summed E-state index contributed by atoms with van der Waals surface area (Å²) >= 11 is 0. The van der Waals surface area contributed by atoms with Crippen molar-refractivity contribution < 1.29 is 14.3 Å². The number of hydrogen-bond acceptors (Lipinski definition) is 3. The Morgan fingerprint density at radius 2 is 2.13 bits per heavy atom. The Balaban J connectivity index is 3.52. The van der Waals surface area contributed by atoms with Gasteiger partial charge in [0.1, 0.15) is 0 Å². The molecule has 0 aromatic carbocycles. The minimum Gasteiger partial charge on any atom is -0.462 e. The minimum atomic E-state index is -0.736. The molecule has 0 fully saturated rings. The van der Waals surface area contributed by atoms with Crippen LogP contribution in [0.2, 0.25) is 12.1 Å². The van der Waals surface area contributed by atoms with E-state index in [0.717, 1.165) is 12.7 Å². The molecular weight excluding hydrogens is 208 g/mol. The monoisotopic (exact) mass is 230 g/mol. The van der Waals surface area contributed by atoms with E-state index in [-0.39, 0.29) is 5.97 Å². The molecule has 0 bridgehead atoms. The molecule has 1 atom stereocenters. The highest BCUT2D eigenvalue weighted by Crippen LogP contribution is 2.04. The van der Waals surface area contributed by atoms with Gasteiger partial charge in [-0.15, -0.1) is 0 Å². The quantitative estimate of drug-likeness (QED) is 0.277. The molecular formula is C11H22O3Si. The van der Waals surface area contributed by atoms with Gasteiger partial charge in [-0.1, -0.05) is 25.6 Å². The van der Waals surface area contributed by atoms with Gasteiger partial charge in [0, 0.05) is 18.9 Å². The van der Waals surface area contributed by atoms with Crippen LogP contribution in [0.25, 0.3) is 0 Å². The van der Waals surface area contributed by atoms with E-state index in [2.05, 4.69) is 13.5 Å². The van der Waals surface area contributed by atoms with Gasteiger partial charge >= 0.3 is 5.97 Å². The molecule has 15 heavy (non-hydrogen) atoms. The third-order valence-corrected chi connectivity index (χ3v) is 5.50. The third-order valence-electron chi connectivity index (χ3n) is 2.32. The second kappa shape index (κ2) is 8.68. The van der Waals surface area contributed by atoms with E-state index in [0.29, 0.717) is 12.2 Å². The first-order valence-corrected chi connectivity index (χ1v) is 7.88. The van der Waals surface area contributed by atoms with Crippen molar-refractivity contribution >= 4 is 14.8 Å². The summed E-state index contributed by atoms with van der Waals surface area (Å²) in [6.45, 7) is 7.91. The molecule has 0 rings (SSSR count). The summed E-state index contributed by atoms with van der Waals surface area (Å²) in [4.78, 5) is 11.0. The Hall–Kier alpha value is -0.613. The van der Waals surface area contributed by atoms with Gasteiger partial charge in [0.15, 0.2) is 0 Å². The molecule has 0 amide bonds. The lowest BCUT2D eigenvalue weighted by molar-refractivity contribution is -0.138. The molecule has 0 heterocycles. The molecule has 0 saturated heterocycles. The van der Waals surface area contributed by atoms with Gasteiger partial charge in [-0.05, 0) is 13.3 Å². The van der Waals surface area contributed by atoms with E-state index in [1.807, 2.05) is 0 Å². The molecule has 0 aliphatic heterocycles. The fourth-order valence-electron chi connectivity index (χ4n) is 1.30. The second-order valence-electron chi connectivity index (χ2n) is 3.79. The Morgan fingerprint density at radius 3 is 2.60 bits per heavy atom. The van der Waals surface area contributed by atoms with Crippen LogP contribution >= 0.6 is 0 Å². The van der Waals surface area contributed by atoms with Gasteiger partial charge in [0.05, 0.1) is 15.4 Å². The van der Waals surface area contributed by atoms with Crippen molar-refractivity contribution in [3.8, 4) is 0 Å². The van der Waals surface area contributed by atoms with Crippen molar-refractivity contribution in [1.29, 1.82) is 0 Å². The highest BCUT2D eigenvalue weighted by Gasteiger charge is 2.08. The third kappa shape index (κ3) is 7.33. The first-order chi connectivity index (χ1) is 7.11. The van der Waals surface area contributed by atoms with Crippen LogP contribution in [0.5, 0.6) is 0 Å². The summed E-state index contributed by atoms with van der Waals surface area (Å²) in [6.07, 6.45) is 1.87. The van der Waals surface area contributed by atoms with Crippen molar-refractivity contribution in [1.82, 2.24) is 0 Å². The molecule has 0 radical (unpaired) electrons. The Bertz CT molecular complexity index is 204. The summed E-state index contributed by atoms with van der Waals surface area (Å²) < 4.78 is 10.2. The molecule has 4 heteroatoms. The molecule has 3 nitrogen and oxygen atoms in total. The molecule has 1 unspecified atom stereocenters. The zero-order valence-electron chi connectivity index (χ0n) is 10.0. The maximum Gasteiger partial charge on any atom is 0.333 e. The lowest BCUT2D eigenvalue weighted by atomic mass is 10.4. The number of carbonyl (C=O) groups is 1. The first-order valence-electron chi connectivity index (χ1n) is 5.43. The summed E-state index contributed by atoms with van der Waals surface area (Å²) in [5, 5.41) is 0. The average molecular weight is 230 g/mol. The van der Waals surface area contributed by atoms with Crippen molar-refractivity contribution in [3.05, 3.63) is 12.2 Å². The smallest absolute Gasteiger partial charge is 0.333 e. The SMILES string of the molecule is C=C(C)C(=O)OCCC[SiH](CC)COC. The Kier molecular flexibility index (Phi) is 8.32. The lowest BCUT2D eigenvalue weighted by Gasteiger charge is -2.11. The summed E-state index contributed by atoms with van der Waals surface area (Å²) in [5.74, 6) is -0.281. The zero-order chi connectivity index (χ0) is 11.7. The van der Waals surface area contributed by atoms with E-state index >= 15 is 0 Å². The molecule has 0 aliphatic rings. The number of hydrogen-bond donors (Lipinski definition) is 0. The van der Waals surface area contributed by atoms with Gasteiger partial charge in [0.25, 0.3) is 0 Å². The number of methoxy groups -OCH3 is 1. The lowest BCUT2D eigenvalue weighted by Crippen LogP contribution is -2.19. The molecule has 0 spiro atoms. The largest absolute Gasteiger partial charge is 0.462 e. The van der Waals surface area contributed by atoms with Gasteiger partial charge in [0.2, 0.25) is 0 Å². The normalized spacial score (nSPS) is 12.2. The van der Waals surface area contributed by atoms with Gasteiger partial charge in [-0.3, -0.25) is 0 Å². The van der Waals surface area contributed by atoms with E-state index in [9.17, 15) is 4.79 Å². The van der Waals surface area contributed by atoms with Crippen LogP contribution in [0.1, 0.15) is 20.3 Å². The highest BCUT2D eigenvalue weighted by molar-refractivity contribution is 6.58. The number of rotatable bonds is 8. The molecule has 0 aromatic heterocycles. The molecule has 88 valence electrons. The van der Waals surface area contributed by atoms with Crippen molar-refractivity contribution in [3.63, 3.8) is 0 Å². The van der Waals surface area contributed by atoms with Crippen LogP contribution in [0.15, 0.2) is 12.2 Å². The number of carbonyl (C=O) groups excluding carboxylic acids is 1. The van der Waals surface area contributed by atoms with Crippen LogP contribution in [0.3, 0.4) is 0 Å². The van der Waals surface area contributed by atoms with Crippen molar-refractivity contribution in [2.24, 2.45) is 0 Å². The maximum absolute atomic E-state index is 11.0. The van der Waals surface area contributed by atoms with Crippen LogP contribution in [-0.2, 0) is 14.3 Å². The fraction of sp³-hybridized carbons (Fsp3) is 0.727. The number of ether oxygens (including phenoxy) is 2. The van der Waals surface area contributed by atoms with Crippen LogP contribution in [-0.4, -0.2) is 34.7 Å². The molecule has 0 N–H and O–H groups in total. The number of esters is 1. The predicted octanol–water partition coefficient (Wildman–Crippen LogP) is 1.93. The Labute approximate surface area is 94.1 Å². The van der Waals surface area contributed by atoms with Gasteiger partial charge in [-0.2, -0.15) is 0 Å². The highest BCUT2D eigenvalue weighted by atomic mass is 28.3. The van der Waals surface area contributed by atoms with Crippen LogP contribution in [0, 0.1) is 0 Å². The topological polar surface area (TPSA) is 35.5 Å². The van der Waals surface area contributed by atoms with E-state index in [4.69, 9.17) is 9.47 Å². The summed E-state index contributed by atoms with van der Waals surface area (Å²) in [6, 6.07) is 2.41.